The van der Waals surface area contributed by atoms with Crippen LogP contribution < -0.4 is 5.11 Å². The summed E-state index contributed by atoms with van der Waals surface area (Å²) in [7, 11) is 0. The van der Waals surface area contributed by atoms with E-state index < -0.39 is 5.97 Å². The van der Waals surface area contributed by atoms with Gasteiger partial charge in [-0.2, -0.15) is 0 Å². The van der Waals surface area contributed by atoms with E-state index in [-0.39, 0.29) is 18.7 Å². The van der Waals surface area contributed by atoms with Crippen LogP contribution in [0, 0.1) is 5.92 Å². The summed E-state index contributed by atoms with van der Waals surface area (Å²) in [5.41, 5.74) is 1.34. The van der Waals surface area contributed by atoms with E-state index in [1.165, 1.54) is 5.56 Å². The summed E-state index contributed by atoms with van der Waals surface area (Å²) in [5.74, 6) is -0.604. The van der Waals surface area contributed by atoms with E-state index in [4.69, 9.17) is 0 Å². The van der Waals surface area contributed by atoms with Gasteiger partial charge in [-0.3, -0.25) is 4.79 Å². The molecule has 1 aromatic rings. The summed E-state index contributed by atoms with van der Waals surface area (Å²) in [6.07, 6.45) is 2.92. The molecule has 1 aliphatic heterocycles. The number of carboxylic acids is 1. The lowest BCUT2D eigenvalue weighted by atomic mass is 9.90. The average molecular weight is 274 g/mol. The Bertz CT molecular complexity index is 450. The van der Waals surface area contributed by atoms with Crippen molar-refractivity contribution in [1.29, 1.82) is 0 Å². The van der Waals surface area contributed by atoms with E-state index in [0.29, 0.717) is 5.92 Å². The summed E-state index contributed by atoms with van der Waals surface area (Å²) in [6, 6.07) is 10.4. The van der Waals surface area contributed by atoms with Crippen molar-refractivity contribution in [3.05, 3.63) is 35.9 Å². The van der Waals surface area contributed by atoms with Gasteiger partial charge < -0.3 is 14.8 Å². The number of amides is 1. The van der Waals surface area contributed by atoms with Crippen molar-refractivity contribution in [3.63, 3.8) is 0 Å². The number of hydrogen-bond acceptors (Lipinski definition) is 3. The zero-order valence-electron chi connectivity index (χ0n) is 11.6. The minimum Gasteiger partial charge on any atom is -0.550 e. The monoisotopic (exact) mass is 274 g/mol. The molecule has 1 heterocycles. The molecule has 0 unspecified atom stereocenters. The van der Waals surface area contributed by atoms with Crippen molar-refractivity contribution in [1.82, 2.24) is 4.90 Å². The molecule has 2 rings (SSSR count). The Kier molecular flexibility index (Phi) is 5.16. The number of carbonyl (C=O) groups is 2. The van der Waals surface area contributed by atoms with Gasteiger partial charge in [-0.25, -0.2) is 0 Å². The van der Waals surface area contributed by atoms with Gasteiger partial charge in [0.25, 0.3) is 0 Å². The van der Waals surface area contributed by atoms with Gasteiger partial charge in [0.2, 0.25) is 5.91 Å². The van der Waals surface area contributed by atoms with Crippen molar-refractivity contribution in [2.45, 2.75) is 32.1 Å². The van der Waals surface area contributed by atoms with E-state index in [1.54, 1.807) is 4.90 Å². The van der Waals surface area contributed by atoms with Crippen LogP contribution in [0.3, 0.4) is 0 Å². The molecule has 0 atom stereocenters. The first-order chi connectivity index (χ1) is 9.65. The Morgan fingerprint density at radius 2 is 1.75 bits per heavy atom. The highest BCUT2D eigenvalue weighted by molar-refractivity contribution is 5.80. The molecular formula is C16H20NO3-. The first-order valence-electron chi connectivity index (χ1n) is 7.16. The third-order valence-corrected chi connectivity index (χ3v) is 3.88. The number of piperidine rings is 1. The molecule has 4 nitrogen and oxygen atoms in total. The summed E-state index contributed by atoms with van der Waals surface area (Å²) < 4.78 is 0. The second-order valence-electron chi connectivity index (χ2n) is 5.39. The SMILES string of the molecule is O=C([O-])CCC(=O)N1CCC(Cc2ccccc2)CC1. The maximum Gasteiger partial charge on any atom is 0.222 e. The van der Waals surface area contributed by atoms with Gasteiger partial charge in [0.05, 0.1) is 0 Å². The molecule has 0 bridgehead atoms. The maximum atomic E-state index is 11.8. The number of benzene rings is 1. The van der Waals surface area contributed by atoms with Gasteiger partial charge >= 0.3 is 0 Å². The van der Waals surface area contributed by atoms with Crippen molar-refractivity contribution >= 4 is 11.9 Å². The second kappa shape index (κ2) is 7.08. The lowest BCUT2D eigenvalue weighted by Crippen LogP contribution is -2.39. The lowest BCUT2D eigenvalue weighted by Gasteiger charge is -2.32. The maximum absolute atomic E-state index is 11.8. The third-order valence-electron chi connectivity index (χ3n) is 3.88. The molecule has 0 spiro atoms. The third kappa shape index (κ3) is 4.37. The Morgan fingerprint density at radius 3 is 2.35 bits per heavy atom. The Labute approximate surface area is 119 Å². The molecule has 0 aliphatic carbocycles. The smallest absolute Gasteiger partial charge is 0.222 e. The fraction of sp³-hybridized carbons (Fsp3) is 0.500. The molecule has 1 aromatic carbocycles. The summed E-state index contributed by atoms with van der Waals surface area (Å²) in [5, 5.41) is 10.4. The Hall–Kier alpha value is -1.84. The number of hydrogen-bond donors (Lipinski definition) is 0. The zero-order valence-corrected chi connectivity index (χ0v) is 11.6. The van der Waals surface area contributed by atoms with Crippen molar-refractivity contribution in [2.75, 3.05) is 13.1 Å². The van der Waals surface area contributed by atoms with Crippen molar-refractivity contribution < 1.29 is 14.7 Å². The quantitative estimate of drug-likeness (QED) is 0.804. The molecule has 1 saturated heterocycles. The number of rotatable bonds is 5. The van der Waals surface area contributed by atoms with Gasteiger partial charge in [0.15, 0.2) is 0 Å². The predicted molar refractivity (Wildman–Crippen MR) is 73.7 cm³/mol. The Balaban J connectivity index is 1.75. The second-order valence-corrected chi connectivity index (χ2v) is 5.39. The van der Waals surface area contributed by atoms with Gasteiger partial charge in [-0.1, -0.05) is 30.3 Å². The van der Waals surface area contributed by atoms with E-state index in [2.05, 4.69) is 12.1 Å². The molecule has 1 amide bonds. The van der Waals surface area contributed by atoms with Gasteiger partial charge in [-0.15, -0.1) is 0 Å². The van der Waals surface area contributed by atoms with Crippen LogP contribution in [0.15, 0.2) is 30.3 Å². The van der Waals surface area contributed by atoms with Crippen LogP contribution in [0.2, 0.25) is 0 Å². The molecule has 1 fully saturated rings. The van der Waals surface area contributed by atoms with Crippen molar-refractivity contribution in [2.24, 2.45) is 5.92 Å². The highest BCUT2D eigenvalue weighted by atomic mass is 16.4. The van der Waals surface area contributed by atoms with Crippen LogP contribution in [0.5, 0.6) is 0 Å². The highest BCUT2D eigenvalue weighted by Gasteiger charge is 2.22. The number of aliphatic carboxylic acids is 1. The first-order valence-corrected chi connectivity index (χ1v) is 7.16. The summed E-state index contributed by atoms with van der Waals surface area (Å²) >= 11 is 0. The van der Waals surface area contributed by atoms with Crippen LogP contribution in [-0.2, 0) is 16.0 Å². The highest BCUT2D eigenvalue weighted by Crippen LogP contribution is 2.22. The lowest BCUT2D eigenvalue weighted by molar-refractivity contribution is -0.305. The van der Waals surface area contributed by atoms with Gasteiger partial charge in [-0.05, 0) is 37.2 Å². The van der Waals surface area contributed by atoms with E-state index >= 15 is 0 Å². The van der Waals surface area contributed by atoms with Gasteiger partial charge in [0.1, 0.15) is 0 Å². The first kappa shape index (κ1) is 14.6. The molecule has 0 radical (unpaired) electrons. The van der Waals surface area contributed by atoms with Crippen LogP contribution in [0.1, 0.15) is 31.2 Å². The topological polar surface area (TPSA) is 60.4 Å². The molecule has 0 saturated carbocycles. The molecule has 0 N–H and O–H groups in total. The van der Waals surface area contributed by atoms with E-state index in [0.717, 1.165) is 32.4 Å². The minimum absolute atomic E-state index is 0.0612. The molecule has 20 heavy (non-hydrogen) atoms. The summed E-state index contributed by atoms with van der Waals surface area (Å²) in [6.45, 7) is 1.48. The van der Waals surface area contributed by atoms with Crippen LogP contribution in [0.25, 0.3) is 0 Å². The molecular weight excluding hydrogens is 254 g/mol. The molecule has 1 aliphatic rings. The minimum atomic E-state index is -1.16. The van der Waals surface area contributed by atoms with Gasteiger partial charge in [0, 0.05) is 25.5 Å². The fourth-order valence-electron chi connectivity index (χ4n) is 2.70. The number of carbonyl (C=O) groups excluding carboxylic acids is 2. The largest absolute Gasteiger partial charge is 0.550 e. The number of nitrogens with zero attached hydrogens (tertiary/aromatic N) is 1. The number of carboxylic acid groups (broad SMARTS) is 1. The van der Waals surface area contributed by atoms with Crippen LogP contribution in [-0.4, -0.2) is 29.9 Å². The fourth-order valence-corrected chi connectivity index (χ4v) is 2.70. The summed E-state index contributed by atoms with van der Waals surface area (Å²) in [4.78, 5) is 23.9. The molecule has 0 aromatic heterocycles. The van der Waals surface area contributed by atoms with Crippen molar-refractivity contribution in [3.8, 4) is 0 Å². The standard InChI is InChI=1S/C16H21NO3/c18-15(6-7-16(19)20)17-10-8-14(9-11-17)12-13-4-2-1-3-5-13/h1-5,14H,6-12H2,(H,19,20)/p-1. The molecule has 108 valence electrons. The molecule has 4 heteroatoms. The zero-order chi connectivity index (χ0) is 14.4. The van der Waals surface area contributed by atoms with E-state index in [1.807, 2.05) is 18.2 Å². The average Bonchev–Trinajstić information content (AvgIpc) is 2.46. The van der Waals surface area contributed by atoms with Crippen LogP contribution >= 0.6 is 0 Å². The Morgan fingerprint density at radius 1 is 1.10 bits per heavy atom. The van der Waals surface area contributed by atoms with Crippen LogP contribution in [0.4, 0.5) is 0 Å². The normalized spacial score (nSPS) is 16.1. The predicted octanol–water partition coefficient (Wildman–Crippen LogP) is 0.998. The number of likely N-dealkylation sites (tertiary alicyclic amines) is 1. The van der Waals surface area contributed by atoms with E-state index in [9.17, 15) is 14.7 Å².